The van der Waals surface area contributed by atoms with Gasteiger partial charge in [0.2, 0.25) is 0 Å². The Morgan fingerprint density at radius 1 is 1.35 bits per heavy atom. The summed E-state index contributed by atoms with van der Waals surface area (Å²) in [6, 6.07) is 7.85. The van der Waals surface area contributed by atoms with Gasteiger partial charge in [-0.1, -0.05) is 6.07 Å². The summed E-state index contributed by atoms with van der Waals surface area (Å²) in [5, 5.41) is 14.2. The number of rotatable bonds is 3. The quantitative estimate of drug-likeness (QED) is 0.769. The third kappa shape index (κ3) is 2.09. The molecule has 0 aliphatic rings. The van der Waals surface area contributed by atoms with E-state index in [4.69, 9.17) is 0 Å². The summed E-state index contributed by atoms with van der Waals surface area (Å²) in [5.74, 6) is 0. The van der Waals surface area contributed by atoms with Crippen molar-refractivity contribution >= 4 is 17.0 Å². The summed E-state index contributed by atoms with van der Waals surface area (Å²) < 4.78 is 1.92. The first-order valence-electron chi connectivity index (χ1n) is 5.46. The predicted molar refractivity (Wildman–Crippen MR) is 68.2 cm³/mol. The first kappa shape index (κ1) is 10.5. The van der Waals surface area contributed by atoms with E-state index in [1.807, 2.05) is 46.4 Å². The molecular formula is C13H12N2OS. The monoisotopic (exact) mass is 244 g/mol. The van der Waals surface area contributed by atoms with Crippen LogP contribution in [0, 0.1) is 0 Å². The molecule has 3 aromatic heterocycles. The topological polar surface area (TPSA) is 37.5 Å². The lowest BCUT2D eigenvalue weighted by atomic mass is 10.1. The van der Waals surface area contributed by atoms with Crippen LogP contribution in [0.25, 0.3) is 5.65 Å². The van der Waals surface area contributed by atoms with Gasteiger partial charge in [-0.05, 0) is 34.5 Å². The van der Waals surface area contributed by atoms with Crippen molar-refractivity contribution in [1.29, 1.82) is 0 Å². The fourth-order valence-electron chi connectivity index (χ4n) is 1.85. The van der Waals surface area contributed by atoms with E-state index in [1.54, 1.807) is 11.3 Å². The highest BCUT2D eigenvalue weighted by atomic mass is 32.1. The van der Waals surface area contributed by atoms with Crippen LogP contribution in [0.2, 0.25) is 0 Å². The van der Waals surface area contributed by atoms with Crippen LogP contribution in [-0.4, -0.2) is 14.5 Å². The third-order valence-electron chi connectivity index (χ3n) is 2.73. The van der Waals surface area contributed by atoms with E-state index in [0.717, 1.165) is 16.9 Å². The Morgan fingerprint density at radius 2 is 2.29 bits per heavy atom. The van der Waals surface area contributed by atoms with E-state index < -0.39 is 6.10 Å². The molecule has 3 nitrogen and oxygen atoms in total. The number of imidazole rings is 1. The maximum Gasteiger partial charge on any atom is 0.137 e. The molecule has 0 amide bonds. The molecule has 0 bridgehead atoms. The minimum atomic E-state index is -0.538. The molecule has 0 fully saturated rings. The van der Waals surface area contributed by atoms with Crippen LogP contribution in [0.4, 0.5) is 0 Å². The molecule has 86 valence electrons. The zero-order chi connectivity index (χ0) is 11.7. The van der Waals surface area contributed by atoms with Crippen LogP contribution in [0.5, 0.6) is 0 Å². The molecule has 0 radical (unpaired) electrons. The van der Waals surface area contributed by atoms with Crippen molar-refractivity contribution in [3.8, 4) is 0 Å². The van der Waals surface area contributed by atoms with E-state index in [1.165, 1.54) is 0 Å². The lowest BCUT2D eigenvalue weighted by Gasteiger charge is -2.04. The summed E-state index contributed by atoms with van der Waals surface area (Å²) in [5.41, 5.74) is 2.74. The smallest absolute Gasteiger partial charge is 0.137 e. The number of thiophene rings is 1. The highest BCUT2D eigenvalue weighted by molar-refractivity contribution is 7.07. The second-order valence-electron chi connectivity index (χ2n) is 3.98. The molecule has 0 saturated heterocycles. The first-order valence-corrected chi connectivity index (χ1v) is 6.40. The van der Waals surface area contributed by atoms with Gasteiger partial charge >= 0.3 is 0 Å². The zero-order valence-electron chi connectivity index (χ0n) is 9.15. The van der Waals surface area contributed by atoms with Gasteiger partial charge < -0.3 is 9.51 Å². The summed E-state index contributed by atoms with van der Waals surface area (Å²) >= 11 is 1.65. The molecule has 0 aliphatic carbocycles. The second-order valence-corrected chi connectivity index (χ2v) is 4.76. The molecular weight excluding hydrogens is 232 g/mol. The van der Waals surface area contributed by atoms with Crippen LogP contribution < -0.4 is 0 Å². The minimum Gasteiger partial charge on any atom is -0.386 e. The SMILES string of the molecule is OC(Cc1ccsc1)c1cn2ccccc2n1. The molecule has 3 heterocycles. The van der Waals surface area contributed by atoms with Gasteiger partial charge in [0.15, 0.2) is 0 Å². The van der Waals surface area contributed by atoms with Gasteiger partial charge in [0.1, 0.15) is 11.8 Å². The fraction of sp³-hybridized carbons (Fsp3) is 0.154. The van der Waals surface area contributed by atoms with Gasteiger partial charge in [-0.3, -0.25) is 0 Å². The Hall–Kier alpha value is -1.65. The summed E-state index contributed by atoms with van der Waals surface area (Å²) in [7, 11) is 0. The molecule has 0 spiro atoms. The molecule has 1 atom stereocenters. The lowest BCUT2D eigenvalue weighted by Crippen LogP contribution is -2.01. The van der Waals surface area contributed by atoms with Crippen LogP contribution in [-0.2, 0) is 6.42 Å². The van der Waals surface area contributed by atoms with Gasteiger partial charge in [-0.2, -0.15) is 11.3 Å². The number of aromatic nitrogens is 2. The molecule has 0 aromatic carbocycles. The zero-order valence-corrected chi connectivity index (χ0v) is 9.97. The molecule has 4 heteroatoms. The fourth-order valence-corrected chi connectivity index (χ4v) is 2.53. The number of hydrogen-bond acceptors (Lipinski definition) is 3. The van der Waals surface area contributed by atoms with E-state index in [2.05, 4.69) is 10.4 Å². The standard InChI is InChI=1S/C13H12N2OS/c16-12(7-10-4-6-17-9-10)11-8-15-5-2-1-3-13(15)14-11/h1-6,8-9,12,16H,7H2. The maximum absolute atomic E-state index is 10.1. The lowest BCUT2D eigenvalue weighted by molar-refractivity contribution is 0.174. The number of hydrogen-bond donors (Lipinski definition) is 1. The van der Waals surface area contributed by atoms with E-state index in [-0.39, 0.29) is 0 Å². The van der Waals surface area contributed by atoms with E-state index in [9.17, 15) is 5.11 Å². The van der Waals surface area contributed by atoms with Gasteiger partial charge in [-0.25, -0.2) is 4.98 Å². The largest absolute Gasteiger partial charge is 0.386 e. The molecule has 0 aliphatic heterocycles. The Kier molecular flexibility index (Phi) is 2.66. The minimum absolute atomic E-state index is 0.538. The molecule has 17 heavy (non-hydrogen) atoms. The Labute approximate surface area is 103 Å². The van der Waals surface area contributed by atoms with Crippen molar-refractivity contribution in [2.24, 2.45) is 0 Å². The van der Waals surface area contributed by atoms with Crippen LogP contribution in [0.15, 0.2) is 47.4 Å². The third-order valence-corrected chi connectivity index (χ3v) is 3.47. The molecule has 1 N–H and O–H groups in total. The van der Waals surface area contributed by atoms with Crippen molar-refractivity contribution in [2.45, 2.75) is 12.5 Å². The first-order chi connectivity index (χ1) is 8.33. The molecule has 3 aromatic rings. The average molecular weight is 244 g/mol. The predicted octanol–water partition coefficient (Wildman–Crippen LogP) is 2.67. The summed E-state index contributed by atoms with van der Waals surface area (Å²) in [4.78, 5) is 4.41. The Morgan fingerprint density at radius 3 is 3.06 bits per heavy atom. The average Bonchev–Trinajstić information content (AvgIpc) is 2.96. The highest BCUT2D eigenvalue weighted by Crippen LogP contribution is 2.19. The van der Waals surface area contributed by atoms with Crippen molar-refractivity contribution in [2.75, 3.05) is 0 Å². The van der Waals surface area contributed by atoms with Gasteiger partial charge in [0.05, 0.1) is 5.69 Å². The second kappa shape index (κ2) is 4.31. The molecule has 3 rings (SSSR count). The van der Waals surface area contributed by atoms with Crippen molar-refractivity contribution in [1.82, 2.24) is 9.38 Å². The molecule has 1 unspecified atom stereocenters. The van der Waals surface area contributed by atoms with Crippen molar-refractivity contribution in [3.63, 3.8) is 0 Å². The van der Waals surface area contributed by atoms with Crippen molar-refractivity contribution in [3.05, 3.63) is 58.7 Å². The van der Waals surface area contributed by atoms with Gasteiger partial charge in [-0.15, -0.1) is 0 Å². The van der Waals surface area contributed by atoms with Crippen LogP contribution in [0.3, 0.4) is 0 Å². The van der Waals surface area contributed by atoms with Crippen LogP contribution >= 0.6 is 11.3 Å². The van der Waals surface area contributed by atoms with Crippen LogP contribution in [0.1, 0.15) is 17.4 Å². The normalized spacial score (nSPS) is 13.0. The number of fused-ring (bicyclic) bond motifs is 1. The Balaban J connectivity index is 1.88. The Bertz CT molecular complexity index is 582. The van der Waals surface area contributed by atoms with Crippen molar-refractivity contribution < 1.29 is 5.11 Å². The summed E-state index contributed by atoms with van der Waals surface area (Å²) in [6.45, 7) is 0. The molecule has 0 saturated carbocycles. The van der Waals surface area contributed by atoms with E-state index >= 15 is 0 Å². The van der Waals surface area contributed by atoms with E-state index in [0.29, 0.717) is 6.42 Å². The maximum atomic E-state index is 10.1. The number of nitrogens with zero attached hydrogens (tertiary/aromatic N) is 2. The number of pyridine rings is 1. The number of aliphatic hydroxyl groups excluding tert-OH is 1. The highest BCUT2D eigenvalue weighted by Gasteiger charge is 2.12. The number of aliphatic hydroxyl groups is 1. The van der Waals surface area contributed by atoms with Gasteiger partial charge in [0.25, 0.3) is 0 Å². The van der Waals surface area contributed by atoms with Gasteiger partial charge in [0, 0.05) is 18.8 Å². The summed E-state index contributed by atoms with van der Waals surface area (Å²) in [6.07, 6.45) is 3.90.